The fraction of sp³-hybridized carbons (Fsp3) is 0.538. The van der Waals surface area contributed by atoms with Crippen LogP contribution in [0.2, 0.25) is 0 Å². The number of hydrogen-bond acceptors (Lipinski definition) is 3. The van der Waals surface area contributed by atoms with Gasteiger partial charge in [0.2, 0.25) is 6.79 Å². The van der Waals surface area contributed by atoms with Gasteiger partial charge in [-0.05, 0) is 43.0 Å². The number of ether oxygens (including phenoxy) is 2. The lowest BCUT2D eigenvalue weighted by Gasteiger charge is -2.42. The van der Waals surface area contributed by atoms with E-state index in [1.54, 1.807) is 0 Å². The highest BCUT2D eigenvalue weighted by Crippen LogP contribution is 2.47. The zero-order valence-corrected chi connectivity index (χ0v) is 9.58. The summed E-state index contributed by atoms with van der Waals surface area (Å²) >= 11 is 0. The molecule has 3 nitrogen and oxygen atoms in total. The molecular formula is C13H17NO2. The van der Waals surface area contributed by atoms with Gasteiger partial charge in [-0.15, -0.1) is 0 Å². The molecule has 2 N–H and O–H groups in total. The maximum Gasteiger partial charge on any atom is 0.231 e. The predicted octanol–water partition coefficient (Wildman–Crippen LogP) is 2.10. The van der Waals surface area contributed by atoms with E-state index in [-0.39, 0.29) is 5.41 Å². The highest BCUT2D eigenvalue weighted by atomic mass is 16.7. The van der Waals surface area contributed by atoms with E-state index >= 15 is 0 Å². The molecule has 3 rings (SSSR count). The quantitative estimate of drug-likeness (QED) is 0.828. The maximum absolute atomic E-state index is 5.94. The van der Waals surface area contributed by atoms with Gasteiger partial charge in [0.1, 0.15) is 0 Å². The topological polar surface area (TPSA) is 44.5 Å². The minimum atomic E-state index is 0.199. The normalized spacial score (nSPS) is 20.6. The predicted molar refractivity (Wildman–Crippen MR) is 61.9 cm³/mol. The van der Waals surface area contributed by atoms with Gasteiger partial charge in [-0.2, -0.15) is 0 Å². The van der Waals surface area contributed by atoms with Gasteiger partial charge in [-0.1, -0.05) is 6.42 Å². The molecule has 1 heterocycles. The monoisotopic (exact) mass is 219 g/mol. The van der Waals surface area contributed by atoms with Gasteiger partial charge in [0.15, 0.2) is 11.5 Å². The van der Waals surface area contributed by atoms with Crippen LogP contribution in [0.3, 0.4) is 0 Å². The molecule has 0 atom stereocenters. The van der Waals surface area contributed by atoms with E-state index in [2.05, 4.69) is 19.1 Å². The minimum Gasteiger partial charge on any atom is -0.454 e. The standard InChI is InChI=1S/C13H17NO2/c1-9-5-11-12(16-8-15-11)6-10(9)13(7-14)3-2-4-13/h5-6H,2-4,7-8,14H2,1H3. The van der Waals surface area contributed by atoms with Crippen LogP contribution in [-0.4, -0.2) is 13.3 Å². The van der Waals surface area contributed by atoms with Crippen LogP contribution >= 0.6 is 0 Å². The summed E-state index contributed by atoms with van der Waals surface area (Å²) in [4.78, 5) is 0. The molecule has 1 fully saturated rings. The third-order valence-corrected chi connectivity index (χ3v) is 3.99. The van der Waals surface area contributed by atoms with Crippen molar-refractivity contribution in [2.24, 2.45) is 5.73 Å². The third kappa shape index (κ3) is 1.24. The third-order valence-electron chi connectivity index (χ3n) is 3.99. The fourth-order valence-corrected chi connectivity index (χ4v) is 2.80. The van der Waals surface area contributed by atoms with Gasteiger partial charge < -0.3 is 15.2 Å². The van der Waals surface area contributed by atoms with E-state index in [0.29, 0.717) is 6.79 Å². The van der Waals surface area contributed by atoms with Crippen LogP contribution in [0.15, 0.2) is 12.1 Å². The molecule has 0 aromatic heterocycles. The SMILES string of the molecule is Cc1cc2c(cc1C1(CN)CCC1)OCO2. The van der Waals surface area contributed by atoms with Crippen molar-refractivity contribution in [2.75, 3.05) is 13.3 Å². The molecule has 1 aliphatic heterocycles. The molecule has 16 heavy (non-hydrogen) atoms. The van der Waals surface area contributed by atoms with Gasteiger partial charge in [0.05, 0.1) is 0 Å². The number of benzene rings is 1. The number of nitrogens with two attached hydrogens (primary N) is 1. The average Bonchev–Trinajstić information content (AvgIpc) is 2.64. The first-order chi connectivity index (χ1) is 7.75. The van der Waals surface area contributed by atoms with Crippen molar-refractivity contribution in [1.29, 1.82) is 0 Å². The minimum absolute atomic E-state index is 0.199. The summed E-state index contributed by atoms with van der Waals surface area (Å²) in [6, 6.07) is 4.21. The Labute approximate surface area is 95.5 Å². The summed E-state index contributed by atoms with van der Waals surface area (Å²) in [5.41, 5.74) is 8.77. The van der Waals surface area contributed by atoms with E-state index in [4.69, 9.17) is 15.2 Å². The van der Waals surface area contributed by atoms with Crippen molar-refractivity contribution < 1.29 is 9.47 Å². The van der Waals surface area contributed by atoms with Crippen LogP contribution in [-0.2, 0) is 5.41 Å². The largest absolute Gasteiger partial charge is 0.454 e. The zero-order valence-electron chi connectivity index (χ0n) is 9.58. The molecule has 1 aromatic rings. The maximum atomic E-state index is 5.94. The first-order valence-electron chi connectivity index (χ1n) is 5.86. The Morgan fingerprint density at radius 3 is 2.50 bits per heavy atom. The molecule has 0 radical (unpaired) electrons. The molecular weight excluding hydrogens is 202 g/mol. The number of rotatable bonds is 2. The first-order valence-corrected chi connectivity index (χ1v) is 5.86. The van der Waals surface area contributed by atoms with Crippen molar-refractivity contribution in [3.63, 3.8) is 0 Å². The second-order valence-electron chi connectivity index (χ2n) is 4.86. The van der Waals surface area contributed by atoms with Crippen LogP contribution in [0.25, 0.3) is 0 Å². The smallest absolute Gasteiger partial charge is 0.231 e. The van der Waals surface area contributed by atoms with Crippen molar-refractivity contribution in [3.05, 3.63) is 23.3 Å². The van der Waals surface area contributed by atoms with Gasteiger partial charge in [-0.25, -0.2) is 0 Å². The Morgan fingerprint density at radius 1 is 1.25 bits per heavy atom. The second-order valence-corrected chi connectivity index (χ2v) is 4.86. The Balaban J connectivity index is 2.07. The van der Waals surface area contributed by atoms with Gasteiger partial charge in [0.25, 0.3) is 0 Å². The summed E-state index contributed by atoms with van der Waals surface area (Å²) in [5.74, 6) is 1.74. The van der Waals surface area contributed by atoms with E-state index < -0.39 is 0 Å². The molecule has 3 heteroatoms. The Bertz CT molecular complexity index is 419. The summed E-state index contributed by atoms with van der Waals surface area (Å²) in [6.07, 6.45) is 3.68. The van der Waals surface area contributed by atoms with Crippen molar-refractivity contribution in [1.82, 2.24) is 0 Å². The molecule has 0 unspecified atom stereocenters. The average molecular weight is 219 g/mol. The molecule has 1 aliphatic carbocycles. The fourth-order valence-electron chi connectivity index (χ4n) is 2.80. The van der Waals surface area contributed by atoms with Crippen molar-refractivity contribution in [2.45, 2.75) is 31.6 Å². The number of aryl methyl sites for hydroxylation is 1. The summed E-state index contributed by atoms with van der Waals surface area (Å²) in [5, 5.41) is 0. The van der Waals surface area contributed by atoms with E-state index in [1.165, 1.54) is 30.4 Å². The Morgan fingerprint density at radius 2 is 1.94 bits per heavy atom. The van der Waals surface area contributed by atoms with Crippen molar-refractivity contribution in [3.8, 4) is 11.5 Å². The van der Waals surface area contributed by atoms with Crippen LogP contribution in [0.5, 0.6) is 11.5 Å². The van der Waals surface area contributed by atoms with E-state index in [1.807, 2.05) is 0 Å². The summed E-state index contributed by atoms with van der Waals surface area (Å²) < 4.78 is 10.8. The number of hydrogen-bond donors (Lipinski definition) is 1. The molecule has 0 bridgehead atoms. The summed E-state index contributed by atoms with van der Waals surface area (Å²) in [7, 11) is 0. The molecule has 2 aliphatic rings. The van der Waals surface area contributed by atoms with Crippen LogP contribution in [0, 0.1) is 6.92 Å². The molecule has 0 spiro atoms. The first kappa shape index (κ1) is 9.97. The van der Waals surface area contributed by atoms with Gasteiger partial charge in [0, 0.05) is 12.0 Å². The van der Waals surface area contributed by atoms with Crippen LogP contribution < -0.4 is 15.2 Å². The molecule has 86 valence electrons. The van der Waals surface area contributed by atoms with Crippen molar-refractivity contribution >= 4 is 0 Å². The molecule has 1 saturated carbocycles. The molecule has 0 amide bonds. The van der Waals surface area contributed by atoms with Gasteiger partial charge in [-0.3, -0.25) is 0 Å². The number of fused-ring (bicyclic) bond motifs is 1. The van der Waals surface area contributed by atoms with Crippen LogP contribution in [0.4, 0.5) is 0 Å². The van der Waals surface area contributed by atoms with E-state index in [9.17, 15) is 0 Å². The Kier molecular flexibility index (Phi) is 2.11. The lowest BCUT2D eigenvalue weighted by atomic mass is 9.63. The molecule has 0 saturated heterocycles. The second kappa shape index (κ2) is 3.39. The highest BCUT2D eigenvalue weighted by molar-refractivity contribution is 5.51. The lowest BCUT2D eigenvalue weighted by molar-refractivity contribution is 0.173. The van der Waals surface area contributed by atoms with Crippen LogP contribution in [0.1, 0.15) is 30.4 Å². The lowest BCUT2D eigenvalue weighted by Crippen LogP contribution is -2.42. The summed E-state index contributed by atoms with van der Waals surface area (Å²) in [6.45, 7) is 3.20. The Hall–Kier alpha value is -1.22. The zero-order chi connectivity index (χ0) is 11.2. The molecule has 1 aromatic carbocycles. The van der Waals surface area contributed by atoms with Gasteiger partial charge >= 0.3 is 0 Å². The van der Waals surface area contributed by atoms with E-state index in [0.717, 1.165) is 18.0 Å². The highest BCUT2D eigenvalue weighted by Gasteiger charge is 2.39.